The van der Waals surface area contributed by atoms with E-state index in [0.717, 1.165) is 57.6 Å². The van der Waals surface area contributed by atoms with Gasteiger partial charge in [0.1, 0.15) is 5.76 Å². The van der Waals surface area contributed by atoms with Crippen LogP contribution in [0.25, 0.3) is 0 Å². The average molecular weight is 370 g/mol. The van der Waals surface area contributed by atoms with Crippen molar-refractivity contribution in [1.29, 1.82) is 0 Å². The molecule has 0 atom stereocenters. The van der Waals surface area contributed by atoms with Crippen LogP contribution < -0.4 is 4.90 Å². The standard InChI is InChI=1S/C23H35N3O/c1-4-26(18-17-25(3)20-14-12-19(2)13-15-20)16-8-11-23-21-9-6-5-7-10-22(21)24-27-23/h12-15H,4-11,16-18H2,1-3H3. The zero-order chi connectivity index (χ0) is 19.1. The molecule has 148 valence electrons. The quantitative estimate of drug-likeness (QED) is 0.603. The topological polar surface area (TPSA) is 32.5 Å². The molecule has 0 N–H and O–H groups in total. The smallest absolute Gasteiger partial charge is 0.140 e. The summed E-state index contributed by atoms with van der Waals surface area (Å²) in [7, 11) is 2.18. The molecule has 27 heavy (non-hydrogen) atoms. The van der Waals surface area contributed by atoms with E-state index in [0.29, 0.717) is 0 Å². The van der Waals surface area contributed by atoms with Crippen LogP contribution in [0.15, 0.2) is 28.8 Å². The van der Waals surface area contributed by atoms with Gasteiger partial charge in [0.25, 0.3) is 0 Å². The van der Waals surface area contributed by atoms with Gasteiger partial charge in [0, 0.05) is 37.8 Å². The first kappa shape index (κ1) is 19.9. The van der Waals surface area contributed by atoms with Crippen LogP contribution in [-0.2, 0) is 19.3 Å². The van der Waals surface area contributed by atoms with E-state index in [-0.39, 0.29) is 0 Å². The minimum Gasteiger partial charge on any atom is -0.373 e. The fourth-order valence-electron chi connectivity index (χ4n) is 3.94. The van der Waals surface area contributed by atoms with Crippen LogP contribution in [0.3, 0.4) is 0 Å². The van der Waals surface area contributed by atoms with E-state index in [1.807, 2.05) is 0 Å². The van der Waals surface area contributed by atoms with Crippen LogP contribution in [0.1, 0.15) is 55.2 Å². The molecule has 0 aliphatic heterocycles. The van der Waals surface area contributed by atoms with Crippen molar-refractivity contribution in [2.45, 2.75) is 58.8 Å². The summed E-state index contributed by atoms with van der Waals surface area (Å²) in [6.07, 6.45) is 8.30. The first-order chi connectivity index (χ1) is 13.2. The van der Waals surface area contributed by atoms with Crippen molar-refractivity contribution >= 4 is 5.69 Å². The predicted octanol–water partition coefficient (Wildman–Crippen LogP) is 4.64. The first-order valence-electron chi connectivity index (χ1n) is 10.6. The number of hydrogen-bond donors (Lipinski definition) is 0. The maximum Gasteiger partial charge on any atom is 0.140 e. The minimum absolute atomic E-state index is 1.02. The predicted molar refractivity (Wildman–Crippen MR) is 113 cm³/mol. The average Bonchev–Trinajstić information content (AvgIpc) is 2.91. The van der Waals surface area contributed by atoms with Gasteiger partial charge in [-0.2, -0.15) is 0 Å². The van der Waals surface area contributed by atoms with Gasteiger partial charge in [0.05, 0.1) is 5.69 Å². The van der Waals surface area contributed by atoms with Crippen LogP contribution >= 0.6 is 0 Å². The number of hydrogen-bond acceptors (Lipinski definition) is 4. The molecule has 0 fully saturated rings. The van der Waals surface area contributed by atoms with Crippen molar-refractivity contribution < 1.29 is 4.52 Å². The molecule has 0 amide bonds. The van der Waals surface area contributed by atoms with E-state index in [1.54, 1.807) is 0 Å². The van der Waals surface area contributed by atoms with Crippen LogP contribution in [-0.4, -0.2) is 43.3 Å². The molecule has 1 aromatic heterocycles. The van der Waals surface area contributed by atoms with Crippen molar-refractivity contribution in [3.05, 3.63) is 46.8 Å². The molecule has 1 heterocycles. The molecule has 0 bridgehead atoms. The molecule has 0 saturated carbocycles. The summed E-state index contributed by atoms with van der Waals surface area (Å²) >= 11 is 0. The van der Waals surface area contributed by atoms with E-state index in [1.165, 1.54) is 41.8 Å². The number of likely N-dealkylation sites (N-methyl/N-ethyl adjacent to an activating group) is 2. The van der Waals surface area contributed by atoms with Crippen molar-refractivity contribution in [3.63, 3.8) is 0 Å². The second-order valence-corrected chi connectivity index (χ2v) is 7.89. The molecule has 0 radical (unpaired) electrons. The van der Waals surface area contributed by atoms with E-state index in [9.17, 15) is 0 Å². The van der Waals surface area contributed by atoms with Gasteiger partial charge in [0.15, 0.2) is 0 Å². The lowest BCUT2D eigenvalue weighted by Crippen LogP contribution is -2.34. The third kappa shape index (κ3) is 5.58. The zero-order valence-corrected chi connectivity index (χ0v) is 17.3. The molecule has 0 saturated heterocycles. The minimum atomic E-state index is 1.02. The Kier molecular flexibility index (Phi) is 7.33. The summed E-state index contributed by atoms with van der Waals surface area (Å²) in [5.74, 6) is 1.15. The Hall–Kier alpha value is -1.81. The summed E-state index contributed by atoms with van der Waals surface area (Å²) < 4.78 is 5.68. The zero-order valence-electron chi connectivity index (χ0n) is 17.3. The molecule has 4 nitrogen and oxygen atoms in total. The van der Waals surface area contributed by atoms with Crippen molar-refractivity contribution in [3.8, 4) is 0 Å². The van der Waals surface area contributed by atoms with Crippen LogP contribution in [0.5, 0.6) is 0 Å². The third-order valence-corrected chi connectivity index (χ3v) is 5.84. The van der Waals surface area contributed by atoms with Gasteiger partial charge in [-0.3, -0.25) is 0 Å². The fraction of sp³-hybridized carbons (Fsp3) is 0.609. The molecule has 1 aliphatic carbocycles. The van der Waals surface area contributed by atoms with E-state index in [4.69, 9.17) is 4.52 Å². The van der Waals surface area contributed by atoms with Gasteiger partial charge in [-0.05, 0) is 64.3 Å². The molecular formula is C23H35N3O. The fourth-order valence-corrected chi connectivity index (χ4v) is 3.94. The van der Waals surface area contributed by atoms with E-state index in [2.05, 4.69) is 60.1 Å². The highest BCUT2D eigenvalue weighted by Crippen LogP contribution is 2.24. The Labute approximate surface area is 164 Å². The van der Waals surface area contributed by atoms with E-state index >= 15 is 0 Å². The maximum atomic E-state index is 5.68. The second kappa shape index (κ2) is 9.93. The number of benzene rings is 1. The molecule has 1 aromatic carbocycles. The van der Waals surface area contributed by atoms with Crippen LogP contribution in [0.4, 0.5) is 5.69 Å². The lowest BCUT2D eigenvalue weighted by atomic mass is 10.1. The Morgan fingerprint density at radius 2 is 1.78 bits per heavy atom. The normalized spacial score (nSPS) is 14.2. The molecule has 3 rings (SSSR count). The van der Waals surface area contributed by atoms with Gasteiger partial charge >= 0.3 is 0 Å². The maximum absolute atomic E-state index is 5.68. The Balaban J connectivity index is 1.44. The van der Waals surface area contributed by atoms with Gasteiger partial charge in [-0.25, -0.2) is 0 Å². The lowest BCUT2D eigenvalue weighted by Gasteiger charge is -2.25. The van der Waals surface area contributed by atoms with Gasteiger partial charge in [0.2, 0.25) is 0 Å². The molecule has 0 unspecified atom stereocenters. The van der Waals surface area contributed by atoms with Gasteiger partial charge < -0.3 is 14.3 Å². The number of nitrogens with zero attached hydrogens (tertiary/aromatic N) is 3. The summed E-state index contributed by atoms with van der Waals surface area (Å²) in [6.45, 7) is 8.75. The molecule has 2 aromatic rings. The van der Waals surface area contributed by atoms with E-state index < -0.39 is 0 Å². The second-order valence-electron chi connectivity index (χ2n) is 7.89. The molecular weight excluding hydrogens is 334 g/mol. The Morgan fingerprint density at radius 3 is 2.56 bits per heavy atom. The first-order valence-corrected chi connectivity index (χ1v) is 10.6. The number of rotatable bonds is 9. The van der Waals surface area contributed by atoms with Gasteiger partial charge in [-0.15, -0.1) is 0 Å². The highest BCUT2D eigenvalue weighted by molar-refractivity contribution is 5.46. The van der Waals surface area contributed by atoms with Crippen LogP contribution in [0, 0.1) is 6.92 Å². The number of fused-ring (bicyclic) bond motifs is 1. The van der Waals surface area contributed by atoms with Gasteiger partial charge in [-0.1, -0.05) is 36.2 Å². The van der Waals surface area contributed by atoms with Crippen LogP contribution in [0.2, 0.25) is 0 Å². The molecule has 1 aliphatic rings. The Bertz CT molecular complexity index is 692. The number of aryl methyl sites for hydroxylation is 3. The lowest BCUT2D eigenvalue weighted by molar-refractivity contribution is 0.284. The summed E-state index contributed by atoms with van der Waals surface area (Å²) in [4.78, 5) is 4.89. The Morgan fingerprint density at radius 1 is 1.00 bits per heavy atom. The molecule has 0 spiro atoms. The number of anilines is 1. The number of aromatic nitrogens is 1. The highest BCUT2D eigenvalue weighted by atomic mass is 16.5. The highest BCUT2D eigenvalue weighted by Gasteiger charge is 2.18. The molecule has 4 heteroatoms. The monoisotopic (exact) mass is 369 g/mol. The van der Waals surface area contributed by atoms with Crippen molar-refractivity contribution in [2.24, 2.45) is 0 Å². The van der Waals surface area contributed by atoms with Crippen molar-refractivity contribution in [1.82, 2.24) is 10.1 Å². The SMILES string of the molecule is CCN(CCCc1onc2c1CCCCC2)CCN(C)c1ccc(C)cc1. The van der Waals surface area contributed by atoms with Crippen molar-refractivity contribution in [2.75, 3.05) is 38.1 Å². The largest absolute Gasteiger partial charge is 0.373 e. The third-order valence-electron chi connectivity index (χ3n) is 5.84. The summed E-state index contributed by atoms with van der Waals surface area (Å²) in [5, 5.41) is 4.34. The summed E-state index contributed by atoms with van der Waals surface area (Å²) in [6, 6.07) is 8.79. The summed E-state index contributed by atoms with van der Waals surface area (Å²) in [5.41, 5.74) is 5.26.